The molecular weight excluding hydrogens is 356 g/mol. The van der Waals surface area contributed by atoms with Crippen molar-refractivity contribution in [1.82, 2.24) is 0 Å². The van der Waals surface area contributed by atoms with Crippen LogP contribution in [0, 0.1) is 0 Å². The Morgan fingerprint density at radius 1 is 0.667 bits per heavy atom. The first-order valence-corrected chi connectivity index (χ1v) is 5.50. The van der Waals surface area contributed by atoms with E-state index in [1.54, 1.807) is 0 Å². The fraction of sp³-hybridized carbons (Fsp3) is 0. The topological polar surface area (TPSA) is 161 Å². The molecule has 0 aromatic carbocycles. The van der Waals surface area contributed by atoms with Gasteiger partial charge in [0.25, 0.3) is 0 Å². The summed E-state index contributed by atoms with van der Waals surface area (Å²) in [6, 6.07) is 0. The minimum Gasteiger partial charge on any atom is 2.00 e. The molecule has 0 atom stereocenters. The predicted octanol–water partition coefficient (Wildman–Crippen LogP) is -5.24. The Hall–Kier alpha value is 1.22. The Morgan fingerprint density at radius 3 is 0.667 bits per heavy atom. The molecule has 0 bridgehead atoms. The van der Waals surface area contributed by atoms with Gasteiger partial charge in [0.1, 0.15) is 0 Å². The van der Waals surface area contributed by atoms with Gasteiger partial charge in [0.2, 0.25) is 0 Å². The third kappa shape index (κ3) is 785. The molecule has 72 valence electrons. The third-order valence-corrected chi connectivity index (χ3v) is 0. The fourth-order valence-corrected chi connectivity index (χ4v) is 0. The van der Waals surface area contributed by atoms with Gasteiger partial charge in [-0.15, -0.1) is 0 Å². The molecule has 12 heavy (non-hydrogen) atoms. The number of rotatable bonds is 0. The average molecular weight is 356 g/mol. The summed E-state index contributed by atoms with van der Waals surface area (Å²) < 4.78 is 68.8. The molecule has 0 aromatic rings. The van der Waals surface area contributed by atoms with Gasteiger partial charge >= 0.3 is 95.0 Å². The van der Waals surface area contributed by atoms with Crippen LogP contribution in [0.25, 0.3) is 0 Å². The summed E-state index contributed by atoms with van der Waals surface area (Å²) in [5.41, 5.74) is 0. The minimum absolute atomic E-state index is 0. The largest absolute Gasteiger partial charge is 2.00 e. The maximum absolute atomic E-state index is 8.59. The molecule has 8 nitrogen and oxygen atoms in total. The molecule has 0 saturated carbocycles. The average Bonchev–Trinajstić information content (AvgIpc) is 1.12. The molecule has 0 aliphatic carbocycles. The molecule has 0 amide bonds. The van der Waals surface area contributed by atoms with Crippen molar-refractivity contribution in [2.24, 2.45) is 0 Å². The summed E-state index contributed by atoms with van der Waals surface area (Å²) in [5.74, 6) is 0. The van der Waals surface area contributed by atoms with Crippen molar-refractivity contribution in [2.45, 2.75) is 0 Å². The van der Waals surface area contributed by atoms with E-state index in [2.05, 4.69) is 0 Å². The molecule has 0 aromatic heterocycles. The van der Waals surface area contributed by atoms with Gasteiger partial charge in [-0.1, -0.05) is 0 Å². The molecule has 12 heteroatoms. The SMILES string of the molecule is [Ni+2].[O]=[Cr](=[O])([O-])[O-].[O]=[Cr](=[O])([O-])[O-].[Zn+2]. The Morgan fingerprint density at radius 2 is 0.667 bits per heavy atom. The van der Waals surface area contributed by atoms with E-state index in [4.69, 9.17) is 31.8 Å². The van der Waals surface area contributed by atoms with Gasteiger partial charge in [-0.2, -0.15) is 0 Å². The van der Waals surface area contributed by atoms with Crippen molar-refractivity contribution >= 4 is 0 Å². The number of hydrogen-bond acceptors (Lipinski definition) is 8. The van der Waals surface area contributed by atoms with Crippen LogP contribution in [0.15, 0.2) is 0 Å². The zero-order valence-electron chi connectivity index (χ0n) is 5.11. The van der Waals surface area contributed by atoms with E-state index in [0.29, 0.717) is 0 Å². The Labute approximate surface area is 94.4 Å². The smallest absolute Gasteiger partial charge is 2.00 e. The molecule has 0 N–H and O–H groups in total. The van der Waals surface area contributed by atoms with Crippen LogP contribution in [0.3, 0.4) is 0 Å². The molecule has 0 spiro atoms. The predicted molar refractivity (Wildman–Crippen MR) is 2.75 cm³/mol. The van der Waals surface area contributed by atoms with Crippen LogP contribution in [0.2, 0.25) is 0 Å². The van der Waals surface area contributed by atoms with E-state index < -0.39 is 27.2 Å². The summed E-state index contributed by atoms with van der Waals surface area (Å²) in [7, 11) is 0. The quantitative estimate of drug-likeness (QED) is 0.389. The molecule has 0 radical (unpaired) electrons. The standard InChI is InChI=1S/2Cr.Ni.8O.Zn/q;;+2;;;;;4*-1;+2. The van der Waals surface area contributed by atoms with Gasteiger partial charge in [0.15, 0.2) is 0 Å². The summed E-state index contributed by atoms with van der Waals surface area (Å²) in [5, 5.41) is 0. The zero-order chi connectivity index (χ0) is 9.00. The Balaban J connectivity index is -0.0000000457. The fourth-order valence-electron chi connectivity index (χ4n) is 0. The summed E-state index contributed by atoms with van der Waals surface area (Å²) >= 11 is -11.5. The second-order valence-electron chi connectivity index (χ2n) is 0.816. The second-order valence-corrected chi connectivity index (χ2v) is 3.37. The van der Waals surface area contributed by atoms with Crippen LogP contribution < -0.4 is 16.6 Å². The summed E-state index contributed by atoms with van der Waals surface area (Å²) in [6.45, 7) is 0. The van der Waals surface area contributed by atoms with E-state index in [0.717, 1.165) is 0 Å². The van der Waals surface area contributed by atoms with Crippen LogP contribution >= 0.6 is 0 Å². The molecule has 0 aliphatic heterocycles. The maximum atomic E-state index is 8.59. The van der Waals surface area contributed by atoms with Crippen LogP contribution in [-0.4, -0.2) is 0 Å². The van der Waals surface area contributed by atoms with Crippen LogP contribution in [0.4, 0.5) is 0 Å². The van der Waals surface area contributed by atoms with Gasteiger partial charge in [0, 0.05) is 0 Å². The molecule has 0 fully saturated rings. The van der Waals surface area contributed by atoms with Crippen LogP contribution in [-0.2, 0) is 78.4 Å². The van der Waals surface area contributed by atoms with Crippen molar-refractivity contribution < 1.29 is 95.0 Å². The molecule has 0 heterocycles. The van der Waals surface area contributed by atoms with Crippen molar-refractivity contribution in [1.29, 1.82) is 0 Å². The Bertz CT molecular complexity index is 213. The van der Waals surface area contributed by atoms with Gasteiger partial charge in [-0.05, 0) is 0 Å². The van der Waals surface area contributed by atoms with Crippen LogP contribution in [0.1, 0.15) is 0 Å². The minimum atomic E-state index is -5.75. The monoisotopic (exact) mass is 354 g/mol. The maximum Gasteiger partial charge on any atom is 2.00 e. The molecule has 0 rings (SSSR count). The third-order valence-electron chi connectivity index (χ3n) is 0. The van der Waals surface area contributed by atoms with Gasteiger partial charge < -0.3 is 0 Å². The van der Waals surface area contributed by atoms with Gasteiger partial charge in [-0.25, -0.2) is 0 Å². The molecule has 0 saturated heterocycles. The van der Waals surface area contributed by atoms with Crippen molar-refractivity contribution in [3.05, 3.63) is 0 Å². The first kappa shape index (κ1) is 23.2. The van der Waals surface area contributed by atoms with E-state index in [1.165, 1.54) is 0 Å². The summed E-state index contributed by atoms with van der Waals surface area (Å²) in [4.78, 5) is 0. The zero-order valence-corrected chi connectivity index (χ0v) is 11.6. The van der Waals surface area contributed by atoms with E-state index >= 15 is 0 Å². The first-order chi connectivity index (χ1) is 4.00. The summed E-state index contributed by atoms with van der Waals surface area (Å²) in [6.07, 6.45) is 0. The van der Waals surface area contributed by atoms with Gasteiger partial charge in [-0.3, -0.25) is 0 Å². The van der Waals surface area contributed by atoms with Crippen molar-refractivity contribution in [3.63, 3.8) is 0 Å². The normalized spacial score (nSPS) is 9.67. The van der Waals surface area contributed by atoms with Crippen molar-refractivity contribution in [3.8, 4) is 0 Å². The van der Waals surface area contributed by atoms with Crippen LogP contribution in [0.5, 0.6) is 0 Å². The van der Waals surface area contributed by atoms with E-state index in [1.807, 2.05) is 0 Å². The molecular formula is Cr2NiO8Zn. The first-order valence-electron chi connectivity index (χ1n) is 1.33. The second kappa shape index (κ2) is 8.80. The van der Waals surface area contributed by atoms with Crippen molar-refractivity contribution in [2.75, 3.05) is 0 Å². The number of hydrogen-bond donors (Lipinski definition) is 0. The Kier molecular flexibility index (Phi) is 17.0. The molecule has 0 unspecified atom stereocenters. The van der Waals surface area contributed by atoms with E-state index in [-0.39, 0.29) is 36.0 Å². The molecule has 0 aliphatic rings. The van der Waals surface area contributed by atoms with Gasteiger partial charge in [0.05, 0.1) is 0 Å². The van der Waals surface area contributed by atoms with E-state index in [9.17, 15) is 0 Å².